The summed E-state index contributed by atoms with van der Waals surface area (Å²) in [5.41, 5.74) is 2.15. The van der Waals surface area contributed by atoms with Crippen molar-refractivity contribution in [2.75, 3.05) is 13.1 Å². The van der Waals surface area contributed by atoms with E-state index in [9.17, 15) is 5.11 Å². The molecule has 2 N–H and O–H groups in total. The zero-order valence-corrected chi connectivity index (χ0v) is 14.2. The Labute approximate surface area is 145 Å². The molecule has 1 saturated heterocycles. The number of rotatable bonds is 4. The van der Waals surface area contributed by atoms with Gasteiger partial charge in [0, 0.05) is 25.8 Å². The molecule has 0 atom stereocenters. The molecule has 1 aliphatic heterocycles. The third-order valence-electron chi connectivity index (χ3n) is 4.65. The molecule has 0 aliphatic carbocycles. The maximum Gasteiger partial charge on any atom is 0.108 e. The van der Waals surface area contributed by atoms with E-state index in [1.807, 2.05) is 6.07 Å². The molecule has 0 amide bonds. The molecule has 24 heavy (non-hydrogen) atoms. The zero-order valence-electron chi connectivity index (χ0n) is 13.4. The second kappa shape index (κ2) is 6.47. The van der Waals surface area contributed by atoms with E-state index in [0.717, 1.165) is 36.7 Å². The van der Waals surface area contributed by atoms with Crippen molar-refractivity contribution in [3.63, 3.8) is 0 Å². The summed E-state index contributed by atoms with van der Waals surface area (Å²) < 4.78 is 0. The Hall–Kier alpha value is -2.02. The number of H-pyrrole nitrogens is 1. The predicted molar refractivity (Wildman–Crippen MR) is 94.5 cm³/mol. The first-order chi connectivity index (χ1) is 11.7. The molecule has 5 nitrogen and oxygen atoms in total. The summed E-state index contributed by atoms with van der Waals surface area (Å²) in [6.45, 7) is 2.51. The number of aromatic amines is 1. The highest BCUT2D eigenvalue weighted by Crippen LogP contribution is 2.32. The molecule has 124 valence electrons. The van der Waals surface area contributed by atoms with Crippen molar-refractivity contribution in [2.45, 2.75) is 25.0 Å². The van der Waals surface area contributed by atoms with E-state index in [1.54, 1.807) is 17.5 Å². The van der Waals surface area contributed by atoms with E-state index < -0.39 is 5.60 Å². The smallest absolute Gasteiger partial charge is 0.108 e. The molecule has 0 saturated carbocycles. The molecule has 4 heterocycles. The Morgan fingerprint density at radius 3 is 2.75 bits per heavy atom. The number of aliphatic hydroxyl groups is 1. The molecule has 0 unspecified atom stereocenters. The van der Waals surface area contributed by atoms with Crippen molar-refractivity contribution in [3.8, 4) is 10.6 Å². The average Bonchev–Trinajstić information content (AvgIpc) is 3.31. The minimum atomic E-state index is -0.779. The summed E-state index contributed by atoms with van der Waals surface area (Å²) in [6.07, 6.45) is 3.11. The van der Waals surface area contributed by atoms with Gasteiger partial charge in [-0.15, -0.1) is 11.3 Å². The van der Waals surface area contributed by atoms with E-state index >= 15 is 0 Å². The number of piperidine rings is 1. The largest absolute Gasteiger partial charge is 0.383 e. The molecule has 0 spiro atoms. The Balaban J connectivity index is 1.42. The molecule has 1 aliphatic rings. The first kappa shape index (κ1) is 15.5. The number of nitrogens with zero attached hydrogens (tertiary/aromatic N) is 3. The van der Waals surface area contributed by atoms with E-state index in [0.29, 0.717) is 12.8 Å². The third-order valence-corrected chi connectivity index (χ3v) is 5.54. The lowest BCUT2D eigenvalue weighted by molar-refractivity contribution is -0.0313. The number of nitrogens with one attached hydrogen (secondary N) is 1. The molecule has 4 rings (SSSR count). The first-order valence-electron chi connectivity index (χ1n) is 8.17. The van der Waals surface area contributed by atoms with Gasteiger partial charge in [-0.2, -0.15) is 5.10 Å². The SMILES string of the molecule is OC1(c2ccn[nH]2)CCN(Cc2cccc(-c3cccs3)n2)CC1. The summed E-state index contributed by atoms with van der Waals surface area (Å²) in [5, 5.41) is 19.7. The highest BCUT2D eigenvalue weighted by atomic mass is 32.1. The Bertz CT molecular complexity index is 777. The van der Waals surface area contributed by atoms with Crippen LogP contribution in [0.2, 0.25) is 0 Å². The van der Waals surface area contributed by atoms with Gasteiger partial charge in [0.2, 0.25) is 0 Å². The van der Waals surface area contributed by atoms with Crippen molar-refractivity contribution in [2.24, 2.45) is 0 Å². The summed E-state index contributed by atoms with van der Waals surface area (Å²) in [5.74, 6) is 0. The van der Waals surface area contributed by atoms with Crippen LogP contribution in [0.25, 0.3) is 10.6 Å². The topological polar surface area (TPSA) is 65.0 Å². The van der Waals surface area contributed by atoms with Crippen LogP contribution in [0.4, 0.5) is 0 Å². The number of aromatic nitrogens is 3. The summed E-state index contributed by atoms with van der Waals surface area (Å²) >= 11 is 1.71. The minimum Gasteiger partial charge on any atom is -0.383 e. The number of hydrogen-bond acceptors (Lipinski definition) is 5. The second-order valence-corrected chi connectivity index (χ2v) is 7.22. The van der Waals surface area contributed by atoms with Gasteiger partial charge in [-0.05, 0) is 42.5 Å². The molecule has 0 aromatic carbocycles. The van der Waals surface area contributed by atoms with E-state index in [-0.39, 0.29) is 0 Å². The average molecular weight is 340 g/mol. The van der Waals surface area contributed by atoms with Crippen molar-refractivity contribution in [3.05, 3.63) is 59.4 Å². The van der Waals surface area contributed by atoms with Gasteiger partial charge < -0.3 is 5.11 Å². The first-order valence-corrected chi connectivity index (χ1v) is 9.05. The second-order valence-electron chi connectivity index (χ2n) is 6.27. The molecule has 3 aromatic rings. The van der Waals surface area contributed by atoms with Gasteiger partial charge in [0.25, 0.3) is 0 Å². The standard InChI is InChI=1S/C18H20N4OS/c23-18(17-6-9-19-21-17)7-10-22(11-8-18)13-14-3-1-4-15(20-14)16-5-2-12-24-16/h1-6,9,12,23H,7-8,10-11,13H2,(H,19,21). The lowest BCUT2D eigenvalue weighted by Crippen LogP contribution is -2.42. The van der Waals surface area contributed by atoms with Crippen LogP contribution in [0.3, 0.4) is 0 Å². The molecule has 0 radical (unpaired) electrons. The summed E-state index contributed by atoms with van der Waals surface area (Å²) in [4.78, 5) is 8.34. The predicted octanol–water partition coefficient (Wildman–Crippen LogP) is 3.02. The van der Waals surface area contributed by atoms with Gasteiger partial charge in [0.05, 0.1) is 22.0 Å². The van der Waals surface area contributed by atoms with Crippen LogP contribution >= 0.6 is 11.3 Å². The summed E-state index contributed by atoms with van der Waals surface area (Å²) in [7, 11) is 0. The van der Waals surface area contributed by atoms with Crippen LogP contribution in [-0.4, -0.2) is 38.3 Å². The van der Waals surface area contributed by atoms with Crippen LogP contribution < -0.4 is 0 Å². The maximum absolute atomic E-state index is 10.8. The quantitative estimate of drug-likeness (QED) is 0.766. The lowest BCUT2D eigenvalue weighted by atomic mass is 9.88. The van der Waals surface area contributed by atoms with Crippen molar-refractivity contribution in [1.29, 1.82) is 0 Å². The molecule has 1 fully saturated rings. The van der Waals surface area contributed by atoms with Gasteiger partial charge in [-0.3, -0.25) is 15.0 Å². The van der Waals surface area contributed by atoms with E-state index in [2.05, 4.69) is 50.8 Å². The van der Waals surface area contributed by atoms with E-state index in [1.165, 1.54) is 4.88 Å². The maximum atomic E-state index is 10.8. The highest BCUT2D eigenvalue weighted by Gasteiger charge is 2.35. The van der Waals surface area contributed by atoms with Crippen LogP contribution in [0, 0.1) is 0 Å². The minimum absolute atomic E-state index is 0.708. The van der Waals surface area contributed by atoms with Gasteiger partial charge in [0.1, 0.15) is 5.60 Å². The molecule has 3 aromatic heterocycles. The van der Waals surface area contributed by atoms with Crippen molar-refractivity contribution in [1.82, 2.24) is 20.1 Å². The van der Waals surface area contributed by atoms with Gasteiger partial charge in [-0.25, -0.2) is 0 Å². The Morgan fingerprint density at radius 1 is 1.17 bits per heavy atom. The fourth-order valence-electron chi connectivity index (χ4n) is 3.22. The molecular weight excluding hydrogens is 320 g/mol. The van der Waals surface area contributed by atoms with Crippen molar-refractivity contribution < 1.29 is 5.11 Å². The van der Waals surface area contributed by atoms with Gasteiger partial charge >= 0.3 is 0 Å². The highest BCUT2D eigenvalue weighted by molar-refractivity contribution is 7.13. The lowest BCUT2D eigenvalue weighted by Gasteiger charge is -2.37. The number of likely N-dealkylation sites (tertiary alicyclic amines) is 1. The zero-order chi connectivity index (χ0) is 16.4. The Kier molecular flexibility index (Phi) is 4.18. The molecule has 6 heteroatoms. The molecule has 0 bridgehead atoms. The monoisotopic (exact) mass is 340 g/mol. The third kappa shape index (κ3) is 3.13. The van der Waals surface area contributed by atoms with Crippen LogP contribution in [0.5, 0.6) is 0 Å². The Morgan fingerprint density at radius 2 is 2.04 bits per heavy atom. The normalized spacial score (nSPS) is 17.9. The summed E-state index contributed by atoms with van der Waals surface area (Å²) in [6, 6.07) is 12.2. The van der Waals surface area contributed by atoms with Crippen LogP contribution in [0.1, 0.15) is 24.2 Å². The van der Waals surface area contributed by atoms with Crippen molar-refractivity contribution >= 4 is 11.3 Å². The number of hydrogen-bond donors (Lipinski definition) is 2. The van der Waals surface area contributed by atoms with Crippen LogP contribution in [0.15, 0.2) is 48.0 Å². The fraction of sp³-hybridized carbons (Fsp3) is 0.333. The molecular formula is C18H20N4OS. The number of pyridine rings is 1. The van der Waals surface area contributed by atoms with Crippen LogP contribution in [-0.2, 0) is 12.1 Å². The van der Waals surface area contributed by atoms with Gasteiger partial charge in [-0.1, -0.05) is 12.1 Å². The fourth-order valence-corrected chi connectivity index (χ4v) is 3.92. The van der Waals surface area contributed by atoms with E-state index in [4.69, 9.17) is 4.98 Å². The number of thiophene rings is 1. The van der Waals surface area contributed by atoms with Gasteiger partial charge in [0.15, 0.2) is 0 Å².